The predicted octanol–water partition coefficient (Wildman–Crippen LogP) is 3.51. The summed E-state index contributed by atoms with van der Waals surface area (Å²) in [6, 6.07) is 16.0. The van der Waals surface area contributed by atoms with Crippen molar-refractivity contribution in [2.24, 2.45) is 0 Å². The number of fused-ring (bicyclic) bond motifs is 1. The van der Waals surface area contributed by atoms with Gasteiger partial charge in [-0.1, -0.05) is 48.0 Å². The van der Waals surface area contributed by atoms with Crippen LogP contribution in [0.3, 0.4) is 0 Å². The van der Waals surface area contributed by atoms with Crippen molar-refractivity contribution in [3.63, 3.8) is 0 Å². The van der Waals surface area contributed by atoms with Crippen molar-refractivity contribution in [1.82, 2.24) is 9.55 Å². The summed E-state index contributed by atoms with van der Waals surface area (Å²) in [6.07, 6.45) is 0.904. The molecule has 96 valence electrons. The van der Waals surface area contributed by atoms with Crippen LogP contribution < -0.4 is 5.73 Å². The second-order valence-electron chi connectivity index (χ2n) is 4.46. The highest BCUT2D eigenvalue weighted by Gasteiger charge is 2.10. The number of benzene rings is 2. The number of hydrogen-bond acceptors (Lipinski definition) is 2. The van der Waals surface area contributed by atoms with E-state index in [1.165, 1.54) is 5.56 Å². The van der Waals surface area contributed by atoms with Gasteiger partial charge in [0.05, 0.1) is 16.1 Å². The van der Waals surface area contributed by atoms with Gasteiger partial charge in [0.2, 0.25) is 5.95 Å². The molecule has 2 aromatic carbocycles. The third-order valence-corrected chi connectivity index (χ3v) is 3.52. The fourth-order valence-corrected chi connectivity index (χ4v) is 2.54. The Morgan fingerprint density at radius 2 is 1.84 bits per heavy atom. The molecular weight excluding hydrogens is 258 g/mol. The number of hydrogen-bond donors (Lipinski definition) is 1. The molecule has 4 heteroatoms. The molecule has 0 amide bonds. The van der Waals surface area contributed by atoms with Gasteiger partial charge in [0.15, 0.2) is 0 Å². The first kappa shape index (κ1) is 12.1. The zero-order valence-electron chi connectivity index (χ0n) is 10.4. The second kappa shape index (κ2) is 4.94. The molecule has 0 spiro atoms. The fourth-order valence-electron chi connectivity index (χ4n) is 2.27. The van der Waals surface area contributed by atoms with E-state index in [-0.39, 0.29) is 0 Å². The van der Waals surface area contributed by atoms with E-state index in [4.69, 9.17) is 17.3 Å². The molecule has 0 saturated carbocycles. The van der Waals surface area contributed by atoms with Crippen molar-refractivity contribution in [2.45, 2.75) is 13.0 Å². The third kappa shape index (κ3) is 2.29. The van der Waals surface area contributed by atoms with Crippen LogP contribution in [0.25, 0.3) is 11.0 Å². The first-order chi connectivity index (χ1) is 9.25. The van der Waals surface area contributed by atoms with Gasteiger partial charge in [-0.3, -0.25) is 0 Å². The maximum Gasteiger partial charge on any atom is 0.201 e. The van der Waals surface area contributed by atoms with E-state index in [0.717, 1.165) is 24.0 Å². The number of rotatable bonds is 3. The average molecular weight is 272 g/mol. The zero-order chi connectivity index (χ0) is 13.2. The van der Waals surface area contributed by atoms with E-state index in [2.05, 4.69) is 17.1 Å². The van der Waals surface area contributed by atoms with Crippen molar-refractivity contribution in [3.8, 4) is 0 Å². The van der Waals surface area contributed by atoms with Gasteiger partial charge in [0.25, 0.3) is 0 Å². The highest BCUT2D eigenvalue weighted by molar-refractivity contribution is 6.35. The van der Waals surface area contributed by atoms with Gasteiger partial charge < -0.3 is 10.3 Å². The molecular formula is C15H14ClN3. The minimum absolute atomic E-state index is 0.513. The van der Waals surface area contributed by atoms with E-state index in [0.29, 0.717) is 11.0 Å². The molecule has 0 atom stereocenters. The first-order valence-electron chi connectivity index (χ1n) is 6.20. The van der Waals surface area contributed by atoms with Gasteiger partial charge >= 0.3 is 0 Å². The number of nitrogens with zero attached hydrogens (tertiary/aromatic N) is 2. The number of nitrogen functional groups attached to an aromatic ring is 1. The maximum absolute atomic E-state index is 6.24. The van der Waals surface area contributed by atoms with Crippen LogP contribution in [0.1, 0.15) is 5.56 Å². The van der Waals surface area contributed by atoms with Crippen LogP contribution in [0.4, 0.5) is 5.95 Å². The summed E-state index contributed by atoms with van der Waals surface area (Å²) < 4.78 is 1.98. The van der Waals surface area contributed by atoms with Crippen molar-refractivity contribution in [2.75, 3.05) is 5.73 Å². The van der Waals surface area contributed by atoms with Crippen LogP contribution in [0.15, 0.2) is 48.5 Å². The highest BCUT2D eigenvalue weighted by atomic mass is 35.5. The zero-order valence-corrected chi connectivity index (χ0v) is 11.1. The number of nitrogens with two attached hydrogens (primary N) is 1. The summed E-state index contributed by atoms with van der Waals surface area (Å²) >= 11 is 6.24. The van der Waals surface area contributed by atoms with Crippen molar-refractivity contribution < 1.29 is 0 Å². The number of anilines is 1. The quantitative estimate of drug-likeness (QED) is 0.792. The summed E-state index contributed by atoms with van der Waals surface area (Å²) in [5, 5.41) is 0.690. The molecule has 0 aliphatic rings. The van der Waals surface area contributed by atoms with Gasteiger partial charge in [-0.15, -0.1) is 0 Å². The number of aromatic nitrogens is 2. The molecule has 0 bridgehead atoms. The lowest BCUT2D eigenvalue weighted by Gasteiger charge is -2.07. The monoisotopic (exact) mass is 271 g/mol. The van der Waals surface area contributed by atoms with Crippen molar-refractivity contribution in [1.29, 1.82) is 0 Å². The number of aryl methyl sites for hydroxylation is 2. The third-order valence-electron chi connectivity index (χ3n) is 3.21. The topological polar surface area (TPSA) is 43.8 Å². The Labute approximate surface area is 116 Å². The van der Waals surface area contributed by atoms with Crippen molar-refractivity contribution in [3.05, 3.63) is 59.1 Å². The van der Waals surface area contributed by atoms with E-state index < -0.39 is 0 Å². The fraction of sp³-hybridized carbons (Fsp3) is 0.133. The summed E-state index contributed by atoms with van der Waals surface area (Å²) in [5.41, 5.74) is 9.01. The molecule has 1 heterocycles. The minimum atomic E-state index is 0.513. The summed E-state index contributed by atoms with van der Waals surface area (Å²) in [6.45, 7) is 0.774. The van der Waals surface area contributed by atoms with Crippen molar-refractivity contribution >= 4 is 28.6 Å². The Hall–Kier alpha value is -2.00. The number of imidazole rings is 1. The van der Waals surface area contributed by atoms with Crippen LogP contribution in [-0.2, 0) is 13.0 Å². The normalized spacial score (nSPS) is 11.0. The molecule has 0 unspecified atom stereocenters. The van der Waals surface area contributed by atoms with Gasteiger partial charge in [-0.05, 0) is 24.1 Å². The van der Waals surface area contributed by atoms with Crippen LogP contribution >= 0.6 is 11.6 Å². The lowest BCUT2D eigenvalue weighted by Crippen LogP contribution is -2.05. The molecule has 3 aromatic rings. The Morgan fingerprint density at radius 1 is 1.05 bits per heavy atom. The Bertz CT molecular complexity index is 704. The standard InChI is InChI=1S/C15H14ClN3/c16-12-7-4-8-13-14(12)19(15(17)18-13)10-9-11-5-2-1-3-6-11/h1-8H,9-10H2,(H2,17,18). The van der Waals surface area contributed by atoms with Crippen LogP contribution in [0.2, 0.25) is 5.02 Å². The Morgan fingerprint density at radius 3 is 2.63 bits per heavy atom. The van der Waals surface area contributed by atoms with Gasteiger partial charge in [0, 0.05) is 6.54 Å². The Balaban J connectivity index is 1.95. The molecule has 2 N–H and O–H groups in total. The highest BCUT2D eigenvalue weighted by Crippen LogP contribution is 2.25. The number of para-hydroxylation sites is 1. The molecule has 0 saturated heterocycles. The van der Waals surface area contributed by atoms with E-state index in [9.17, 15) is 0 Å². The molecule has 3 rings (SSSR count). The van der Waals surface area contributed by atoms with Crippen LogP contribution in [0.5, 0.6) is 0 Å². The molecule has 19 heavy (non-hydrogen) atoms. The van der Waals surface area contributed by atoms with E-state index >= 15 is 0 Å². The van der Waals surface area contributed by atoms with E-state index in [1.807, 2.05) is 41.0 Å². The smallest absolute Gasteiger partial charge is 0.201 e. The second-order valence-corrected chi connectivity index (χ2v) is 4.87. The predicted molar refractivity (Wildman–Crippen MR) is 79.3 cm³/mol. The summed E-state index contributed by atoms with van der Waals surface area (Å²) in [7, 11) is 0. The SMILES string of the molecule is Nc1nc2cccc(Cl)c2n1CCc1ccccc1. The van der Waals surface area contributed by atoms with E-state index in [1.54, 1.807) is 0 Å². The van der Waals surface area contributed by atoms with Gasteiger partial charge in [-0.25, -0.2) is 4.98 Å². The Kier molecular flexibility index (Phi) is 3.13. The summed E-state index contributed by atoms with van der Waals surface area (Å²) in [5.74, 6) is 0.513. The first-order valence-corrected chi connectivity index (χ1v) is 6.57. The van der Waals surface area contributed by atoms with Gasteiger partial charge in [0.1, 0.15) is 0 Å². The molecule has 0 fully saturated rings. The van der Waals surface area contributed by atoms with Crippen LogP contribution in [-0.4, -0.2) is 9.55 Å². The molecule has 3 nitrogen and oxygen atoms in total. The average Bonchev–Trinajstić information content (AvgIpc) is 2.75. The lowest BCUT2D eigenvalue weighted by atomic mass is 10.1. The minimum Gasteiger partial charge on any atom is -0.369 e. The molecule has 0 radical (unpaired) electrons. The maximum atomic E-state index is 6.24. The molecule has 0 aliphatic heterocycles. The summed E-state index contributed by atoms with van der Waals surface area (Å²) in [4.78, 5) is 4.34. The largest absolute Gasteiger partial charge is 0.369 e. The molecule has 0 aliphatic carbocycles. The number of halogens is 1. The molecule has 1 aromatic heterocycles. The lowest BCUT2D eigenvalue weighted by molar-refractivity contribution is 0.726. The van der Waals surface area contributed by atoms with Crippen LogP contribution in [0, 0.1) is 0 Å². The van der Waals surface area contributed by atoms with Gasteiger partial charge in [-0.2, -0.15) is 0 Å².